The van der Waals surface area contributed by atoms with Crippen LogP contribution in [0.25, 0.3) is 0 Å². The molecule has 0 aliphatic heterocycles. The molecule has 1 aromatic rings. The summed E-state index contributed by atoms with van der Waals surface area (Å²) >= 11 is 0. The van der Waals surface area contributed by atoms with Gasteiger partial charge < -0.3 is 4.74 Å². The van der Waals surface area contributed by atoms with Crippen molar-refractivity contribution in [1.82, 2.24) is 9.97 Å². The Hall–Kier alpha value is -2.25. The van der Waals surface area contributed by atoms with Crippen LogP contribution in [0.3, 0.4) is 0 Å². The van der Waals surface area contributed by atoms with Crippen molar-refractivity contribution in [2.24, 2.45) is 4.99 Å². The average molecular weight is 303 g/mol. The normalized spacial score (nSPS) is 13.8. The van der Waals surface area contributed by atoms with Crippen molar-refractivity contribution in [1.29, 1.82) is 0 Å². The zero-order valence-electron chi connectivity index (χ0n) is 11.6. The van der Waals surface area contributed by atoms with Gasteiger partial charge in [-0.05, 0) is 19.9 Å². The lowest BCUT2D eigenvalue weighted by molar-refractivity contribution is -0.0943. The monoisotopic (exact) mass is 303 g/mol. The number of aryl methyl sites for hydroxylation is 1. The molecule has 8 heteroatoms. The minimum atomic E-state index is -4.98. The van der Waals surface area contributed by atoms with E-state index in [2.05, 4.69) is 26.3 Å². The molecule has 0 radical (unpaired) electrons. The van der Waals surface area contributed by atoms with Crippen molar-refractivity contribution < 1.29 is 22.3 Å². The van der Waals surface area contributed by atoms with Gasteiger partial charge in [0, 0.05) is 11.9 Å². The van der Waals surface area contributed by atoms with Gasteiger partial charge in [0.15, 0.2) is 11.4 Å². The molecule has 0 amide bonds. The van der Waals surface area contributed by atoms with E-state index in [1.54, 1.807) is 13.0 Å². The maximum absolute atomic E-state index is 13.1. The fourth-order valence-corrected chi connectivity index (χ4v) is 1.42. The molecule has 0 saturated carbocycles. The second-order valence-electron chi connectivity index (χ2n) is 4.01. The maximum atomic E-state index is 13.1. The van der Waals surface area contributed by atoms with Crippen LogP contribution >= 0.6 is 0 Å². The summed E-state index contributed by atoms with van der Waals surface area (Å²) in [6.45, 7) is 5.74. The first-order chi connectivity index (χ1) is 9.66. The highest BCUT2D eigenvalue weighted by Crippen LogP contribution is 2.34. The van der Waals surface area contributed by atoms with E-state index in [4.69, 9.17) is 0 Å². The van der Waals surface area contributed by atoms with Gasteiger partial charge in [-0.15, -0.1) is 0 Å². The van der Waals surface area contributed by atoms with Gasteiger partial charge in [0.2, 0.25) is 5.88 Å². The third-order valence-corrected chi connectivity index (χ3v) is 2.35. The van der Waals surface area contributed by atoms with E-state index in [9.17, 15) is 17.6 Å². The van der Waals surface area contributed by atoms with Crippen molar-refractivity contribution in [2.45, 2.75) is 20.0 Å². The van der Waals surface area contributed by atoms with E-state index >= 15 is 0 Å². The van der Waals surface area contributed by atoms with Gasteiger partial charge in [0.1, 0.15) is 5.83 Å². The highest BCUT2D eigenvalue weighted by molar-refractivity contribution is 5.95. The summed E-state index contributed by atoms with van der Waals surface area (Å²) in [4.78, 5) is 11.5. The number of methoxy groups -OCH3 is 1. The topological polar surface area (TPSA) is 47.4 Å². The van der Waals surface area contributed by atoms with Crippen LogP contribution < -0.4 is 0 Å². The summed E-state index contributed by atoms with van der Waals surface area (Å²) in [5.41, 5.74) is -1.00. The number of nitrogens with zero attached hydrogens (tertiary/aromatic N) is 3. The van der Waals surface area contributed by atoms with E-state index in [-0.39, 0.29) is 11.5 Å². The van der Waals surface area contributed by atoms with Crippen LogP contribution in [0.2, 0.25) is 0 Å². The largest absolute Gasteiger partial charge is 0.480 e. The Morgan fingerprint density at radius 2 is 2.00 bits per heavy atom. The predicted molar refractivity (Wildman–Crippen MR) is 69.3 cm³/mol. The molecule has 114 valence electrons. The molecule has 1 heterocycles. The molecule has 4 nitrogen and oxygen atoms in total. The maximum Gasteiger partial charge on any atom is 0.424 e. The molecule has 0 spiro atoms. The minimum Gasteiger partial charge on any atom is -0.480 e. The van der Waals surface area contributed by atoms with Gasteiger partial charge in [-0.25, -0.2) is 19.4 Å². The SMILES string of the molecule is C=C(F)/C(=C(\N=C(/C)c1nccc(C)n1)OC)C(F)(F)F. The third-order valence-electron chi connectivity index (χ3n) is 2.35. The molecule has 1 rings (SSSR count). The van der Waals surface area contributed by atoms with E-state index in [1.165, 1.54) is 13.1 Å². The molecular formula is C13H13F4N3O. The van der Waals surface area contributed by atoms with Crippen LogP contribution in [-0.4, -0.2) is 29.0 Å². The lowest BCUT2D eigenvalue weighted by Gasteiger charge is -2.12. The number of rotatable bonds is 4. The lowest BCUT2D eigenvalue weighted by Crippen LogP contribution is -2.16. The van der Waals surface area contributed by atoms with E-state index in [1.807, 2.05) is 0 Å². The molecule has 0 N–H and O–H groups in total. The summed E-state index contributed by atoms with van der Waals surface area (Å²) in [6, 6.07) is 1.62. The fraction of sp³-hybridized carbons (Fsp3) is 0.308. The van der Waals surface area contributed by atoms with Crippen LogP contribution in [0, 0.1) is 6.92 Å². The zero-order valence-corrected chi connectivity index (χ0v) is 11.6. The highest BCUT2D eigenvalue weighted by Gasteiger charge is 2.40. The van der Waals surface area contributed by atoms with Crippen molar-refractivity contribution in [3.8, 4) is 0 Å². The Morgan fingerprint density at radius 1 is 1.38 bits per heavy atom. The van der Waals surface area contributed by atoms with Crippen molar-refractivity contribution in [3.05, 3.63) is 47.6 Å². The van der Waals surface area contributed by atoms with E-state index < -0.39 is 23.5 Å². The number of allylic oxidation sites excluding steroid dienone is 2. The van der Waals surface area contributed by atoms with Crippen molar-refractivity contribution in [3.63, 3.8) is 0 Å². The average Bonchev–Trinajstić information content (AvgIpc) is 2.35. The number of hydrogen-bond acceptors (Lipinski definition) is 4. The van der Waals surface area contributed by atoms with Crippen molar-refractivity contribution in [2.75, 3.05) is 7.11 Å². The van der Waals surface area contributed by atoms with Crippen LogP contribution in [-0.2, 0) is 4.74 Å². The first-order valence-corrected chi connectivity index (χ1v) is 5.72. The molecule has 0 unspecified atom stereocenters. The summed E-state index contributed by atoms with van der Waals surface area (Å²) in [7, 11) is 0.956. The van der Waals surface area contributed by atoms with Gasteiger partial charge in [0.25, 0.3) is 0 Å². The second-order valence-corrected chi connectivity index (χ2v) is 4.01. The molecule has 0 atom stereocenters. The molecule has 0 aliphatic carbocycles. The number of alkyl halides is 3. The quantitative estimate of drug-likeness (QED) is 0.370. The molecule has 0 aromatic carbocycles. The van der Waals surface area contributed by atoms with Gasteiger partial charge in [-0.3, -0.25) is 0 Å². The first kappa shape index (κ1) is 16.8. The summed E-state index contributed by atoms with van der Waals surface area (Å²) in [5.74, 6) is -2.49. The number of aliphatic imine (C=N–C) groups is 1. The summed E-state index contributed by atoms with van der Waals surface area (Å²) in [6.07, 6.45) is -3.54. The number of hydrogen-bond donors (Lipinski definition) is 0. The van der Waals surface area contributed by atoms with Gasteiger partial charge >= 0.3 is 6.18 Å². The minimum absolute atomic E-state index is 0.0542. The fourth-order valence-electron chi connectivity index (χ4n) is 1.42. The Morgan fingerprint density at radius 3 is 2.43 bits per heavy atom. The molecule has 0 fully saturated rings. The van der Waals surface area contributed by atoms with Gasteiger partial charge in [0.05, 0.1) is 12.8 Å². The number of halogens is 4. The van der Waals surface area contributed by atoms with Crippen LogP contribution in [0.1, 0.15) is 18.4 Å². The standard InChI is InChI=1S/C13H13F4N3O/c1-7-5-6-18-11(19-7)9(3)20-12(21-4)10(8(2)14)13(15,16)17/h5-6H,2H2,1,3-4H3/b12-10-,20-9+. The first-order valence-electron chi connectivity index (χ1n) is 5.72. The molecule has 21 heavy (non-hydrogen) atoms. The summed E-state index contributed by atoms with van der Waals surface area (Å²) < 4.78 is 56.0. The van der Waals surface area contributed by atoms with Gasteiger partial charge in [-0.1, -0.05) is 6.58 Å². The molecular weight excluding hydrogens is 290 g/mol. The van der Waals surface area contributed by atoms with Crippen molar-refractivity contribution >= 4 is 5.71 Å². The Bertz CT molecular complexity index is 606. The molecule has 0 aliphatic rings. The second kappa shape index (κ2) is 6.47. The third kappa shape index (κ3) is 4.37. The lowest BCUT2D eigenvalue weighted by atomic mass is 10.2. The molecule has 0 saturated heterocycles. The van der Waals surface area contributed by atoms with Crippen LogP contribution in [0.15, 0.2) is 41.1 Å². The molecule has 1 aromatic heterocycles. The number of ether oxygens (including phenoxy) is 1. The van der Waals surface area contributed by atoms with E-state index in [0.29, 0.717) is 5.69 Å². The van der Waals surface area contributed by atoms with Crippen LogP contribution in [0.4, 0.5) is 17.6 Å². The predicted octanol–water partition coefficient (Wildman–Crippen LogP) is 3.50. The Labute approximate surface area is 118 Å². The molecule has 0 bridgehead atoms. The number of aromatic nitrogens is 2. The Kier molecular flexibility index (Phi) is 5.17. The zero-order chi connectivity index (χ0) is 16.2. The smallest absolute Gasteiger partial charge is 0.424 e. The van der Waals surface area contributed by atoms with Gasteiger partial charge in [-0.2, -0.15) is 13.2 Å². The van der Waals surface area contributed by atoms with E-state index in [0.717, 1.165) is 7.11 Å². The van der Waals surface area contributed by atoms with Crippen LogP contribution in [0.5, 0.6) is 0 Å². The highest BCUT2D eigenvalue weighted by atomic mass is 19.4. The Balaban J connectivity index is 3.39. The summed E-state index contributed by atoms with van der Waals surface area (Å²) in [5, 5.41) is 0.